The Kier molecular flexibility index (Phi) is 4.65. The van der Waals surface area contributed by atoms with Crippen LogP contribution in [0.1, 0.15) is 37.6 Å². The van der Waals surface area contributed by atoms with Crippen molar-refractivity contribution in [3.63, 3.8) is 0 Å². The van der Waals surface area contributed by atoms with Gasteiger partial charge in [-0.3, -0.25) is 9.69 Å². The number of carbonyl (C=O) groups is 1. The molecule has 2 rings (SSSR count). The molecule has 0 aromatic heterocycles. The molecule has 1 aromatic carbocycles. The molecule has 0 saturated heterocycles. The lowest BCUT2D eigenvalue weighted by Crippen LogP contribution is -2.34. The van der Waals surface area contributed by atoms with Gasteiger partial charge in [-0.05, 0) is 44.5 Å². The first-order valence-corrected chi connectivity index (χ1v) is 7.10. The van der Waals surface area contributed by atoms with E-state index in [1.807, 2.05) is 7.05 Å². The number of hydrogen-bond donors (Lipinski definition) is 0. The van der Waals surface area contributed by atoms with Crippen molar-refractivity contribution in [1.29, 1.82) is 0 Å². The fourth-order valence-electron chi connectivity index (χ4n) is 2.41. The van der Waals surface area contributed by atoms with Gasteiger partial charge in [0.15, 0.2) is 17.3 Å². The molecule has 4 heteroatoms. The third kappa shape index (κ3) is 3.51. The summed E-state index contributed by atoms with van der Waals surface area (Å²) in [6, 6.07) is 5.77. The summed E-state index contributed by atoms with van der Waals surface area (Å²) >= 11 is 0. The van der Waals surface area contributed by atoms with Crippen molar-refractivity contribution < 1.29 is 14.3 Å². The van der Waals surface area contributed by atoms with Gasteiger partial charge in [-0.2, -0.15) is 0 Å². The number of nitrogens with zero attached hydrogens (tertiary/aromatic N) is 1. The number of carbonyl (C=O) groups excluding carboxylic acids is 1. The summed E-state index contributed by atoms with van der Waals surface area (Å²) in [6.07, 6.45) is 1.09. The molecule has 110 valence electrons. The number of benzene rings is 1. The topological polar surface area (TPSA) is 38.8 Å². The van der Waals surface area contributed by atoms with Crippen LogP contribution in [-0.4, -0.2) is 37.1 Å². The first kappa shape index (κ1) is 14.9. The van der Waals surface area contributed by atoms with E-state index in [9.17, 15) is 4.79 Å². The highest BCUT2D eigenvalue weighted by molar-refractivity contribution is 5.98. The highest BCUT2D eigenvalue weighted by Crippen LogP contribution is 2.32. The van der Waals surface area contributed by atoms with Crippen molar-refractivity contribution in [2.45, 2.75) is 33.2 Å². The van der Waals surface area contributed by atoms with Crippen LogP contribution in [0.15, 0.2) is 18.2 Å². The van der Waals surface area contributed by atoms with Crippen LogP contribution >= 0.6 is 0 Å². The highest BCUT2D eigenvalue weighted by Gasteiger charge is 2.19. The van der Waals surface area contributed by atoms with Crippen molar-refractivity contribution >= 4 is 5.78 Å². The summed E-state index contributed by atoms with van der Waals surface area (Å²) < 4.78 is 10.6. The molecule has 0 aliphatic carbocycles. The number of ketones is 1. The molecule has 0 fully saturated rings. The zero-order valence-electron chi connectivity index (χ0n) is 12.7. The van der Waals surface area contributed by atoms with Gasteiger partial charge in [0.05, 0.1) is 6.54 Å². The van der Waals surface area contributed by atoms with Gasteiger partial charge in [-0.1, -0.05) is 13.8 Å². The molecule has 0 N–H and O–H groups in total. The van der Waals surface area contributed by atoms with Crippen molar-refractivity contribution in [1.82, 2.24) is 4.90 Å². The van der Waals surface area contributed by atoms with E-state index in [2.05, 4.69) is 25.7 Å². The lowest BCUT2D eigenvalue weighted by Gasteiger charge is -2.25. The Bertz CT molecular complexity index is 485. The van der Waals surface area contributed by atoms with E-state index in [1.165, 1.54) is 0 Å². The molecule has 0 amide bonds. The summed E-state index contributed by atoms with van der Waals surface area (Å²) in [6.45, 7) is 7.22. The molecule has 1 aliphatic rings. The second kappa shape index (κ2) is 6.27. The fraction of sp³-hybridized carbons (Fsp3) is 0.562. The average Bonchev–Trinajstić information content (AvgIpc) is 2.84. The number of Topliss-reactive ketones (excluding diaryl/α,β-unsaturated/α-hetero) is 1. The van der Waals surface area contributed by atoms with Crippen molar-refractivity contribution in [3.8, 4) is 11.5 Å². The first-order chi connectivity index (χ1) is 9.47. The normalized spacial score (nSPS) is 14.9. The predicted molar refractivity (Wildman–Crippen MR) is 78.4 cm³/mol. The quantitative estimate of drug-likeness (QED) is 0.749. The molecular formula is C16H23NO3. The van der Waals surface area contributed by atoms with E-state index < -0.39 is 0 Å². The smallest absolute Gasteiger partial charge is 0.231 e. The Morgan fingerprint density at radius 1 is 1.25 bits per heavy atom. The Hall–Kier alpha value is -1.55. The largest absolute Gasteiger partial charge is 0.454 e. The highest BCUT2D eigenvalue weighted by atomic mass is 16.7. The lowest BCUT2D eigenvalue weighted by molar-refractivity contribution is 0.0916. The molecule has 1 unspecified atom stereocenters. The SMILES string of the molecule is CC(C)CC(C)N(C)CC(=O)c1ccc2c(c1)OCO2. The molecular weight excluding hydrogens is 254 g/mol. The van der Waals surface area contributed by atoms with Gasteiger partial charge in [0.2, 0.25) is 6.79 Å². The standard InChI is InChI=1S/C16H23NO3/c1-11(2)7-12(3)17(4)9-14(18)13-5-6-15-16(8-13)20-10-19-15/h5-6,8,11-12H,7,9-10H2,1-4H3. The zero-order valence-corrected chi connectivity index (χ0v) is 12.7. The molecule has 1 atom stereocenters. The Morgan fingerprint density at radius 2 is 1.95 bits per heavy atom. The summed E-state index contributed by atoms with van der Waals surface area (Å²) in [5, 5.41) is 0. The molecule has 0 bridgehead atoms. The Morgan fingerprint density at radius 3 is 2.65 bits per heavy atom. The molecule has 1 heterocycles. The summed E-state index contributed by atoms with van der Waals surface area (Å²) in [5.41, 5.74) is 0.679. The number of likely N-dealkylation sites (N-methyl/N-ethyl adjacent to an activating group) is 1. The van der Waals surface area contributed by atoms with Crippen LogP contribution in [-0.2, 0) is 0 Å². The summed E-state index contributed by atoms with van der Waals surface area (Å²) in [5.74, 6) is 2.12. The Labute approximate surface area is 120 Å². The monoisotopic (exact) mass is 277 g/mol. The second-order valence-corrected chi connectivity index (χ2v) is 5.88. The minimum Gasteiger partial charge on any atom is -0.454 e. The van der Waals surface area contributed by atoms with Gasteiger partial charge >= 0.3 is 0 Å². The van der Waals surface area contributed by atoms with E-state index in [-0.39, 0.29) is 12.6 Å². The van der Waals surface area contributed by atoms with Crippen LogP contribution in [0.2, 0.25) is 0 Å². The van der Waals surface area contributed by atoms with Crippen LogP contribution < -0.4 is 9.47 Å². The van der Waals surface area contributed by atoms with Crippen LogP contribution in [0.5, 0.6) is 11.5 Å². The van der Waals surface area contributed by atoms with Gasteiger partial charge in [0, 0.05) is 11.6 Å². The van der Waals surface area contributed by atoms with Gasteiger partial charge in [-0.25, -0.2) is 0 Å². The number of hydrogen-bond acceptors (Lipinski definition) is 4. The van der Waals surface area contributed by atoms with Crippen LogP contribution in [0, 0.1) is 5.92 Å². The summed E-state index contributed by atoms with van der Waals surface area (Å²) in [4.78, 5) is 14.4. The average molecular weight is 277 g/mol. The minimum atomic E-state index is 0.112. The van der Waals surface area contributed by atoms with E-state index in [0.29, 0.717) is 35.6 Å². The number of ether oxygens (including phenoxy) is 2. The zero-order chi connectivity index (χ0) is 14.7. The number of fused-ring (bicyclic) bond motifs is 1. The maximum atomic E-state index is 12.3. The van der Waals surface area contributed by atoms with Crippen LogP contribution in [0.25, 0.3) is 0 Å². The van der Waals surface area contributed by atoms with Gasteiger partial charge in [-0.15, -0.1) is 0 Å². The Balaban J connectivity index is 1.98. The third-order valence-corrected chi connectivity index (χ3v) is 3.65. The molecule has 4 nitrogen and oxygen atoms in total. The summed E-state index contributed by atoms with van der Waals surface area (Å²) in [7, 11) is 2.00. The van der Waals surface area contributed by atoms with Crippen molar-refractivity contribution in [2.75, 3.05) is 20.4 Å². The van der Waals surface area contributed by atoms with Crippen LogP contribution in [0.3, 0.4) is 0 Å². The fourth-order valence-corrected chi connectivity index (χ4v) is 2.41. The molecule has 0 radical (unpaired) electrons. The van der Waals surface area contributed by atoms with E-state index in [1.54, 1.807) is 18.2 Å². The van der Waals surface area contributed by atoms with E-state index in [0.717, 1.165) is 6.42 Å². The van der Waals surface area contributed by atoms with Crippen LogP contribution in [0.4, 0.5) is 0 Å². The van der Waals surface area contributed by atoms with Crippen molar-refractivity contribution in [3.05, 3.63) is 23.8 Å². The molecule has 1 aliphatic heterocycles. The number of rotatable bonds is 6. The maximum absolute atomic E-state index is 12.3. The van der Waals surface area contributed by atoms with E-state index >= 15 is 0 Å². The van der Waals surface area contributed by atoms with Gasteiger partial charge in [0.25, 0.3) is 0 Å². The first-order valence-electron chi connectivity index (χ1n) is 7.10. The third-order valence-electron chi connectivity index (χ3n) is 3.65. The predicted octanol–water partition coefficient (Wildman–Crippen LogP) is 2.96. The molecule has 0 spiro atoms. The molecule has 20 heavy (non-hydrogen) atoms. The van der Waals surface area contributed by atoms with Gasteiger partial charge in [0.1, 0.15) is 0 Å². The molecule has 1 aromatic rings. The second-order valence-electron chi connectivity index (χ2n) is 5.88. The minimum absolute atomic E-state index is 0.112. The van der Waals surface area contributed by atoms with Crippen molar-refractivity contribution in [2.24, 2.45) is 5.92 Å². The molecule has 0 saturated carbocycles. The van der Waals surface area contributed by atoms with Gasteiger partial charge < -0.3 is 9.47 Å². The maximum Gasteiger partial charge on any atom is 0.231 e. The van der Waals surface area contributed by atoms with E-state index in [4.69, 9.17) is 9.47 Å². The lowest BCUT2D eigenvalue weighted by atomic mass is 10.0.